The SMILES string of the molecule is C#CC(C)Oc1nccnc1C#N. The van der Waals surface area contributed by atoms with E-state index < -0.39 is 6.10 Å². The number of nitriles is 1. The van der Waals surface area contributed by atoms with Crippen molar-refractivity contribution in [2.45, 2.75) is 13.0 Å². The Labute approximate surface area is 76.2 Å². The number of hydrogen-bond acceptors (Lipinski definition) is 4. The highest BCUT2D eigenvalue weighted by Gasteiger charge is 2.07. The van der Waals surface area contributed by atoms with Crippen LogP contribution in [0.15, 0.2) is 12.4 Å². The summed E-state index contributed by atoms with van der Waals surface area (Å²) in [5.41, 5.74) is 0.143. The molecule has 0 spiro atoms. The second kappa shape index (κ2) is 4.08. The summed E-state index contributed by atoms with van der Waals surface area (Å²) >= 11 is 0. The van der Waals surface area contributed by atoms with Crippen LogP contribution in [0.1, 0.15) is 12.6 Å². The van der Waals surface area contributed by atoms with Crippen molar-refractivity contribution >= 4 is 0 Å². The summed E-state index contributed by atoms with van der Waals surface area (Å²) in [5, 5.41) is 8.62. The van der Waals surface area contributed by atoms with E-state index in [1.165, 1.54) is 12.4 Å². The van der Waals surface area contributed by atoms with Gasteiger partial charge in [0.05, 0.1) is 0 Å². The molecule has 0 saturated carbocycles. The van der Waals surface area contributed by atoms with Crippen molar-refractivity contribution in [1.29, 1.82) is 5.26 Å². The number of rotatable bonds is 2. The summed E-state index contributed by atoms with van der Waals surface area (Å²) < 4.78 is 5.15. The highest BCUT2D eigenvalue weighted by Crippen LogP contribution is 2.10. The van der Waals surface area contributed by atoms with Gasteiger partial charge in [-0.25, -0.2) is 9.97 Å². The summed E-state index contributed by atoms with van der Waals surface area (Å²) in [6.45, 7) is 1.69. The normalized spacial score (nSPS) is 11.0. The average molecular weight is 173 g/mol. The van der Waals surface area contributed by atoms with Crippen molar-refractivity contribution in [2.24, 2.45) is 0 Å². The number of aromatic nitrogens is 2. The third-order valence-corrected chi connectivity index (χ3v) is 1.29. The van der Waals surface area contributed by atoms with Gasteiger partial charge < -0.3 is 4.74 Å². The Morgan fingerprint density at radius 1 is 1.54 bits per heavy atom. The maximum atomic E-state index is 8.62. The van der Waals surface area contributed by atoms with Crippen LogP contribution >= 0.6 is 0 Å². The fraction of sp³-hybridized carbons (Fsp3) is 0.222. The Hall–Kier alpha value is -2.07. The summed E-state index contributed by atoms with van der Waals surface area (Å²) in [6, 6.07) is 1.86. The van der Waals surface area contributed by atoms with Crippen LogP contribution in [-0.4, -0.2) is 16.1 Å². The number of nitrogens with zero attached hydrogens (tertiary/aromatic N) is 3. The van der Waals surface area contributed by atoms with Gasteiger partial charge in [0.2, 0.25) is 5.69 Å². The van der Waals surface area contributed by atoms with Gasteiger partial charge in [0.1, 0.15) is 6.07 Å². The van der Waals surface area contributed by atoms with Crippen LogP contribution < -0.4 is 4.74 Å². The van der Waals surface area contributed by atoms with Crippen LogP contribution in [0, 0.1) is 23.7 Å². The standard InChI is InChI=1S/C9H7N3O/c1-3-7(2)13-9-8(6-10)11-4-5-12-9/h1,4-5,7H,2H3. The lowest BCUT2D eigenvalue weighted by Crippen LogP contribution is -2.10. The molecule has 0 aliphatic rings. The Morgan fingerprint density at radius 3 is 2.85 bits per heavy atom. The van der Waals surface area contributed by atoms with E-state index in [4.69, 9.17) is 16.4 Å². The smallest absolute Gasteiger partial charge is 0.252 e. The largest absolute Gasteiger partial charge is 0.459 e. The Kier molecular flexibility index (Phi) is 2.83. The van der Waals surface area contributed by atoms with Crippen LogP contribution in [0.3, 0.4) is 0 Å². The van der Waals surface area contributed by atoms with E-state index in [9.17, 15) is 0 Å². The summed E-state index contributed by atoms with van der Waals surface area (Å²) in [7, 11) is 0. The van der Waals surface area contributed by atoms with Gasteiger partial charge >= 0.3 is 0 Å². The van der Waals surface area contributed by atoms with Crippen molar-refractivity contribution in [3.8, 4) is 24.3 Å². The van der Waals surface area contributed by atoms with Crippen LogP contribution in [0.25, 0.3) is 0 Å². The van der Waals surface area contributed by atoms with Gasteiger partial charge in [-0.15, -0.1) is 6.42 Å². The predicted molar refractivity (Wildman–Crippen MR) is 45.7 cm³/mol. The molecule has 13 heavy (non-hydrogen) atoms. The molecule has 1 rings (SSSR count). The minimum Gasteiger partial charge on any atom is -0.459 e. The molecule has 1 aromatic rings. The molecule has 1 heterocycles. The van der Waals surface area contributed by atoms with Gasteiger partial charge in [-0.3, -0.25) is 0 Å². The molecule has 0 aromatic carbocycles. The monoisotopic (exact) mass is 173 g/mol. The highest BCUT2D eigenvalue weighted by atomic mass is 16.5. The Bertz CT molecular complexity index is 375. The van der Waals surface area contributed by atoms with E-state index in [-0.39, 0.29) is 11.6 Å². The summed E-state index contributed by atoms with van der Waals surface area (Å²) in [5.74, 6) is 2.54. The van der Waals surface area contributed by atoms with Gasteiger partial charge in [-0.2, -0.15) is 5.26 Å². The van der Waals surface area contributed by atoms with Crippen LogP contribution in [-0.2, 0) is 0 Å². The number of terminal acetylenes is 1. The zero-order valence-electron chi connectivity index (χ0n) is 7.06. The molecule has 0 fully saturated rings. The molecule has 0 aliphatic heterocycles. The first kappa shape index (κ1) is 9.02. The molecule has 0 radical (unpaired) electrons. The minimum atomic E-state index is -0.413. The molecular formula is C9H7N3O. The second-order valence-electron chi connectivity index (χ2n) is 2.25. The van der Waals surface area contributed by atoms with Crippen LogP contribution in [0.5, 0.6) is 5.88 Å². The Morgan fingerprint density at radius 2 is 2.23 bits per heavy atom. The lowest BCUT2D eigenvalue weighted by Gasteiger charge is -2.07. The van der Waals surface area contributed by atoms with Gasteiger partial charge in [-0.05, 0) is 6.92 Å². The van der Waals surface area contributed by atoms with Gasteiger partial charge in [0, 0.05) is 12.4 Å². The molecule has 0 N–H and O–H groups in total. The summed E-state index contributed by atoms with van der Waals surface area (Å²) in [4.78, 5) is 7.60. The van der Waals surface area contributed by atoms with Crippen molar-refractivity contribution in [2.75, 3.05) is 0 Å². The van der Waals surface area contributed by atoms with E-state index in [2.05, 4.69) is 15.9 Å². The average Bonchev–Trinajstić information content (AvgIpc) is 2.18. The Balaban J connectivity index is 2.90. The van der Waals surface area contributed by atoms with E-state index in [0.29, 0.717) is 0 Å². The first-order valence-electron chi connectivity index (χ1n) is 3.62. The van der Waals surface area contributed by atoms with E-state index >= 15 is 0 Å². The number of ether oxygens (including phenoxy) is 1. The molecule has 0 saturated heterocycles. The maximum absolute atomic E-state index is 8.62. The van der Waals surface area contributed by atoms with Crippen molar-refractivity contribution < 1.29 is 4.74 Å². The van der Waals surface area contributed by atoms with E-state index in [0.717, 1.165) is 0 Å². The van der Waals surface area contributed by atoms with Gasteiger partial charge in [0.15, 0.2) is 6.10 Å². The topological polar surface area (TPSA) is 58.8 Å². The zero-order valence-corrected chi connectivity index (χ0v) is 7.06. The maximum Gasteiger partial charge on any atom is 0.252 e. The van der Waals surface area contributed by atoms with E-state index in [1.807, 2.05) is 6.07 Å². The second-order valence-corrected chi connectivity index (χ2v) is 2.25. The third kappa shape index (κ3) is 2.18. The molecule has 4 nitrogen and oxygen atoms in total. The molecule has 1 unspecified atom stereocenters. The molecule has 64 valence electrons. The lowest BCUT2D eigenvalue weighted by atomic mass is 10.4. The molecular weight excluding hydrogens is 166 g/mol. The van der Waals surface area contributed by atoms with Crippen molar-refractivity contribution in [3.63, 3.8) is 0 Å². The molecule has 1 atom stereocenters. The third-order valence-electron chi connectivity index (χ3n) is 1.29. The predicted octanol–water partition coefficient (Wildman–Crippen LogP) is 0.749. The molecule has 0 bridgehead atoms. The summed E-state index contributed by atoms with van der Waals surface area (Å²) in [6.07, 6.45) is 7.56. The fourth-order valence-corrected chi connectivity index (χ4v) is 0.690. The first-order chi connectivity index (χ1) is 6.27. The minimum absolute atomic E-state index is 0.143. The molecule has 4 heteroatoms. The molecule has 0 aliphatic carbocycles. The van der Waals surface area contributed by atoms with Crippen LogP contribution in [0.2, 0.25) is 0 Å². The highest BCUT2D eigenvalue weighted by molar-refractivity contribution is 5.30. The fourth-order valence-electron chi connectivity index (χ4n) is 0.690. The van der Waals surface area contributed by atoms with Gasteiger partial charge in [0.25, 0.3) is 5.88 Å². The first-order valence-corrected chi connectivity index (χ1v) is 3.62. The quantitative estimate of drug-likeness (QED) is 0.619. The molecule has 1 aromatic heterocycles. The number of hydrogen-bond donors (Lipinski definition) is 0. The van der Waals surface area contributed by atoms with Crippen LogP contribution in [0.4, 0.5) is 0 Å². The van der Waals surface area contributed by atoms with Crippen molar-refractivity contribution in [3.05, 3.63) is 18.1 Å². The van der Waals surface area contributed by atoms with Crippen molar-refractivity contribution in [1.82, 2.24) is 9.97 Å². The lowest BCUT2D eigenvalue weighted by molar-refractivity contribution is 0.265. The van der Waals surface area contributed by atoms with E-state index in [1.54, 1.807) is 6.92 Å². The van der Waals surface area contributed by atoms with Gasteiger partial charge in [-0.1, -0.05) is 5.92 Å². The zero-order chi connectivity index (χ0) is 9.68. The molecule has 0 amide bonds.